The quantitative estimate of drug-likeness (QED) is 0.455. The summed E-state index contributed by atoms with van der Waals surface area (Å²) in [6.07, 6.45) is 1.32. The zero-order valence-corrected chi connectivity index (χ0v) is 8.59. The minimum atomic E-state index is -1.27. The molecule has 0 bridgehead atoms. The van der Waals surface area contributed by atoms with Crippen LogP contribution in [-0.4, -0.2) is 63.0 Å². The van der Waals surface area contributed by atoms with Gasteiger partial charge in [-0.3, -0.25) is 0 Å². The van der Waals surface area contributed by atoms with Crippen molar-refractivity contribution in [1.82, 2.24) is 5.06 Å². The molecular weight excluding hydrogens is 202 g/mol. The lowest BCUT2D eigenvalue weighted by molar-refractivity contribution is -0.114. The predicted molar refractivity (Wildman–Crippen MR) is 52.9 cm³/mol. The largest absolute Gasteiger partial charge is 0.784 e. The highest BCUT2D eigenvalue weighted by molar-refractivity contribution is 5.05. The molecule has 90 valence electrons. The van der Waals surface area contributed by atoms with Gasteiger partial charge in [-0.25, -0.2) is 0 Å². The molecule has 0 aromatic rings. The maximum atomic E-state index is 12.0. The number of piperidine rings is 1. The van der Waals surface area contributed by atoms with Gasteiger partial charge in [-0.05, 0) is 19.3 Å². The van der Waals surface area contributed by atoms with Gasteiger partial charge in [-0.1, -0.05) is 0 Å². The van der Waals surface area contributed by atoms with Crippen LogP contribution in [0.4, 0.5) is 0 Å². The van der Waals surface area contributed by atoms with Gasteiger partial charge in [0.2, 0.25) is 0 Å². The van der Waals surface area contributed by atoms with Crippen LogP contribution in [0.2, 0.25) is 0 Å². The molecule has 0 aliphatic carbocycles. The standard InChI is InChI=1S/C9H18NO5/c11-4-8(5-12)2-1-3-9(6-13,7-14)10(8)15/h11-14H,1-7H2/q-1. The van der Waals surface area contributed by atoms with Crippen molar-refractivity contribution in [1.29, 1.82) is 0 Å². The lowest BCUT2D eigenvalue weighted by Gasteiger charge is -2.60. The minimum Gasteiger partial charge on any atom is -0.784 e. The molecule has 0 amide bonds. The van der Waals surface area contributed by atoms with E-state index in [1.807, 2.05) is 0 Å². The maximum absolute atomic E-state index is 12.0. The van der Waals surface area contributed by atoms with E-state index >= 15 is 0 Å². The normalized spacial score (nSPS) is 25.4. The Kier molecular flexibility index (Phi) is 4.05. The van der Waals surface area contributed by atoms with Crippen molar-refractivity contribution in [3.05, 3.63) is 5.21 Å². The molecule has 15 heavy (non-hydrogen) atoms. The van der Waals surface area contributed by atoms with Crippen molar-refractivity contribution < 1.29 is 20.4 Å². The SMILES string of the molecule is [O-]N1C(CO)(CO)CCCC1(CO)CO. The van der Waals surface area contributed by atoms with E-state index in [1.165, 1.54) is 0 Å². The number of nitrogens with zero attached hydrogens (tertiary/aromatic N) is 1. The first-order chi connectivity index (χ1) is 7.10. The molecule has 0 aromatic carbocycles. The van der Waals surface area contributed by atoms with E-state index in [9.17, 15) is 25.6 Å². The number of hydrogen-bond acceptors (Lipinski definition) is 6. The van der Waals surface area contributed by atoms with E-state index in [0.29, 0.717) is 24.3 Å². The Bertz CT molecular complexity index is 183. The number of hydrogen-bond donors (Lipinski definition) is 4. The summed E-state index contributed by atoms with van der Waals surface area (Å²) >= 11 is 0. The van der Waals surface area contributed by atoms with Crippen molar-refractivity contribution in [3.8, 4) is 0 Å². The Morgan fingerprint density at radius 2 is 1.20 bits per heavy atom. The Hall–Kier alpha value is -0.240. The molecule has 0 spiro atoms. The van der Waals surface area contributed by atoms with E-state index in [0.717, 1.165) is 0 Å². The van der Waals surface area contributed by atoms with E-state index in [1.54, 1.807) is 0 Å². The summed E-state index contributed by atoms with van der Waals surface area (Å²) in [6, 6.07) is 0. The summed E-state index contributed by atoms with van der Waals surface area (Å²) < 4.78 is 0. The van der Waals surface area contributed by atoms with Gasteiger partial charge in [0, 0.05) is 0 Å². The minimum absolute atomic E-state index is 0.366. The molecule has 1 fully saturated rings. The van der Waals surface area contributed by atoms with Gasteiger partial charge in [0.25, 0.3) is 0 Å². The average molecular weight is 220 g/mol. The van der Waals surface area contributed by atoms with Gasteiger partial charge in [0.05, 0.1) is 37.5 Å². The number of hydroxylamine groups is 2. The molecule has 4 N–H and O–H groups in total. The van der Waals surface area contributed by atoms with E-state index in [4.69, 9.17) is 0 Å². The fourth-order valence-corrected chi connectivity index (χ4v) is 2.13. The molecule has 1 rings (SSSR count). The molecule has 1 heterocycles. The van der Waals surface area contributed by atoms with Crippen LogP contribution in [0.1, 0.15) is 19.3 Å². The molecule has 0 unspecified atom stereocenters. The van der Waals surface area contributed by atoms with Crippen molar-refractivity contribution in [2.24, 2.45) is 0 Å². The summed E-state index contributed by atoms with van der Waals surface area (Å²) in [6.45, 7) is -1.91. The molecule has 6 heteroatoms. The Labute approximate surface area is 88.3 Å². The molecule has 0 aromatic heterocycles. The van der Waals surface area contributed by atoms with Gasteiger partial charge >= 0.3 is 0 Å². The lowest BCUT2D eigenvalue weighted by atomic mass is 9.79. The fourth-order valence-electron chi connectivity index (χ4n) is 2.13. The van der Waals surface area contributed by atoms with Crippen LogP contribution >= 0.6 is 0 Å². The Balaban J connectivity index is 2.95. The third-order valence-corrected chi connectivity index (χ3v) is 3.32. The second-order valence-electron chi connectivity index (χ2n) is 4.23. The number of aliphatic hydroxyl groups excluding tert-OH is 4. The Morgan fingerprint density at radius 1 is 0.867 bits per heavy atom. The molecule has 1 aliphatic heterocycles. The molecule has 0 atom stereocenters. The van der Waals surface area contributed by atoms with Crippen molar-refractivity contribution in [2.45, 2.75) is 30.3 Å². The first kappa shape index (κ1) is 12.8. The summed E-state index contributed by atoms with van der Waals surface area (Å²) in [7, 11) is 0. The number of rotatable bonds is 4. The zero-order valence-electron chi connectivity index (χ0n) is 8.59. The topological polar surface area (TPSA) is 107 Å². The molecule has 0 saturated carbocycles. The molecule has 1 saturated heterocycles. The second-order valence-corrected chi connectivity index (χ2v) is 4.23. The van der Waals surface area contributed by atoms with Crippen LogP contribution in [0.5, 0.6) is 0 Å². The van der Waals surface area contributed by atoms with Crippen molar-refractivity contribution in [2.75, 3.05) is 26.4 Å². The van der Waals surface area contributed by atoms with Gasteiger partial charge < -0.3 is 30.7 Å². The zero-order chi connectivity index (χ0) is 11.5. The fraction of sp³-hybridized carbons (Fsp3) is 1.00. The third-order valence-electron chi connectivity index (χ3n) is 3.32. The summed E-state index contributed by atoms with van der Waals surface area (Å²) in [4.78, 5) is 0. The van der Waals surface area contributed by atoms with Crippen LogP contribution in [0.3, 0.4) is 0 Å². The average Bonchev–Trinajstić information content (AvgIpc) is 2.30. The summed E-state index contributed by atoms with van der Waals surface area (Å²) in [5.41, 5.74) is -2.55. The Morgan fingerprint density at radius 3 is 1.47 bits per heavy atom. The van der Waals surface area contributed by atoms with E-state index < -0.39 is 37.5 Å². The van der Waals surface area contributed by atoms with Crippen molar-refractivity contribution >= 4 is 0 Å². The molecule has 0 radical (unpaired) electrons. The van der Waals surface area contributed by atoms with Gasteiger partial charge in [0.1, 0.15) is 0 Å². The smallest absolute Gasteiger partial charge is 0.0629 e. The lowest BCUT2D eigenvalue weighted by Crippen LogP contribution is -2.67. The van der Waals surface area contributed by atoms with Crippen LogP contribution < -0.4 is 0 Å². The van der Waals surface area contributed by atoms with Crippen molar-refractivity contribution in [3.63, 3.8) is 0 Å². The summed E-state index contributed by atoms with van der Waals surface area (Å²) in [5, 5.41) is 49.1. The predicted octanol–water partition coefficient (Wildman–Crippen LogP) is -1.58. The first-order valence-electron chi connectivity index (χ1n) is 5.02. The van der Waals surface area contributed by atoms with Gasteiger partial charge in [-0.2, -0.15) is 0 Å². The van der Waals surface area contributed by atoms with E-state index in [-0.39, 0.29) is 0 Å². The van der Waals surface area contributed by atoms with E-state index in [2.05, 4.69) is 0 Å². The van der Waals surface area contributed by atoms with Gasteiger partial charge in [-0.15, -0.1) is 0 Å². The number of aliphatic hydroxyl groups is 4. The van der Waals surface area contributed by atoms with Gasteiger partial charge in [0.15, 0.2) is 0 Å². The summed E-state index contributed by atoms with van der Waals surface area (Å²) in [5.74, 6) is 0. The first-order valence-corrected chi connectivity index (χ1v) is 5.02. The van der Waals surface area contributed by atoms with Crippen LogP contribution in [0.15, 0.2) is 0 Å². The highest BCUT2D eigenvalue weighted by Gasteiger charge is 2.45. The highest BCUT2D eigenvalue weighted by atomic mass is 16.5. The third kappa shape index (κ3) is 1.89. The molecule has 1 aliphatic rings. The monoisotopic (exact) mass is 220 g/mol. The van der Waals surface area contributed by atoms with Crippen LogP contribution in [-0.2, 0) is 0 Å². The van der Waals surface area contributed by atoms with Crippen LogP contribution in [0.25, 0.3) is 0 Å². The molecule has 6 nitrogen and oxygen atoms in total. The highest BCUT2D eigenvalue weighted by Crippen LogP contribution is 2.37. The van der Waals surface area contributed by atoms with Crippen LogP contribution in [0, 0.1) is 5.21 Å². The molecular formula is C9H18NO5-. The second kappa shape index (κ2) is 4.73. The maximum Gasteiger partial charge on any atom is 0.0629 e.